The summed E-state index contributed by atoms with van der Waals surface area (Å²) in [5.41, 5.74) is 2.11. The van der Waals surface area contributed by atoms with Gasteiger partial charge in [-0.05, 0) is 25.5 Å². The molecule has 0 bridgehead atoms. The standard InChI is InChI=1S/C15H25N3O3S/c1-5-16-15(17-8-9-22(4,19)20)18-11-13-7-6-12(2)10-14(13)21-3/h6-7,10H,5,8-9,11H2,1-4H3,(H2,16,17,18). The summed E-state index contributed by atoms with van der Waals surface area (Å²) < 4.78 is 27.7. The van der Waals surface area contributed by atoms with Crippen molar-refractivity contribution in [2.24, 2.45) is 4.99 Å². The highest BCUT2D eigenvalue weighted by Gasteiger charge is 2.05. The number of aliphatic imine (C=N–C) groups is 1. The second kappa shape index (κ2) is 8.63. The average Bonchev–Trinajstić information content (AvgIpc) is 2.44. The lowest BCUT2D eigenvalue weighted by molar-refractivity contribution is 0.409. The normalized spacial score (nSPS) is 12.1. The Bertz CT molecular complexity index is 612. The number of methoxy groups -OCH3 is 1. The maximum atomic E-state index is 11.1. The van der Waals surface area contributed by atoms with Gasteiger partial charge in [0.1, 0.15) is 15.6 Å². The largest absolute Gasteiger partial charge is 0.496 e. The van der Waals surface area contributed by atoms with Gasteiger partial charge in [-0.25, -0.2) is 13.4 Å². The molecular weight excluding hydrogens is 302 g/mol. The average molecular weight is 327 g/mol. The smallest absolute Gasteiger partial charge is 0.191 e. The van der Waals surface area contributed by atoms with E-state index in [9.17, 15) is 8.42 Å². The van der Waals surface area contributed by atoms with Crippen molar-refractivity contribution in [2.45, 2.75) is 20.4 Å². The monoisotopic (exact) mass is 327 g/mol. The molecule has 0 aliphatic carbocycles. The minimum Gasteiger partial charge on any atom is -0.496 e. The second-order valence-corrected chi connectivity index (χ2v) is 7.33. The molecule has 0 atom stereocenters. The van der Waals surface area contributed by atoms with Crippen LogP contribution in [0.15, 0.2) is 23.2 Å². The van der Waals surface area contributed by atoms with Crippen LogP contribution in [0.25, 0.3) is 0 Å². The van der Waals surface area contributed by atoms with Crippen molar-refractivity contribution in [3.8, 4) is 5.75 Å². The van der Waals surface area contributed by atoms with E-state index in [2.05, 4.69) is 15.6 Å². The number of guanidine groups is 1. The third kappa shape index (κ3) is 6.80. The molecule has 0 aromatic heterocycles. The summed E-state index contributed by atoms with van der Waals surface area (Å²) in [5.74, 6) is 1.47. The number of ether oxygens (including phenoxy) is 1. The van der Waals surface area contributed by atoms with Crippen molar-refractivity contribution >= 4 is 15.8 Å². The van der Waals surface area contributed by atoms with Crippen LogP contribution in [0.4, 0.5) is 0 Å². The molecule has 0 aliphatic heterocycles. The number of sulfone groups is 1. The first-order chi connectivity index (χ1) is 10.4. The fourth-order valence-corrected chi connectivity index (χ4v) is 2.32. The number of benzene rings is 1. The van der Waals surface area contributed by atoms with Crippen LogP contribution in [0, 0.1) is 6.92 Å². The van der Waals surface area contributed by atoms with E-state index in [0.717, 1.165) is 16.9 Å². The number of hydrogen-bond acceptors (Lipinski definition) is 4. The molecule has 0 unspecified atom stereocenters. The Hall–Kier alpha value is -1.76. The lowest BCUT2D eigenvalue weighted by Crippen LogP contribution is -2.39. The minimum absolute atomic E-state index is 0.0747. The van der Waals surface area contributed by atoms with E-state index in [4.69, 9.17) is 4.74 Å². The zero-order valence-electron chi connectivity index (χ0n) is 13.6. The van der Waals surface area contributed by atoms with Crippen LogP contribution < -0.4 is 15.4 Å². The maximum Gasteiger partial charge on any atom is 0.191 e. The van der Waals surface area contributed by atoms with Crippen LogP contribution in [-0.4, -0.2) is 46.6 Å². The molecule has 0 spiro atoms. The highest BCUT2D eigenvalue weighted by Crippen LogP contribution is 2.20. The maximum absolute atomic E-state index is 11.1. The third-order valence-electron chi connectivity index (χ3n) is 2.96. The van der Waals surface area contributed by atoms with Gasteiger partial charge in [-0.15, -0.1) is 0 Å². The Morgan fingerprint density at radius 1 is 1.32 bits per heavy atom. The number of nitrogens with zero attached hydrogens (tertiary/aromatic N) is 1. The molecule has 1 rings (SSSR count). The zero-order chi connectivity index (χ0) is 16.6. The SMILES string of the molecule is CCNC(=NCc1ccc(C)cc1OC)NCCS(C)(=O)=O. The van der Waals surface area contributed by atoms with Gasteiger partial charge in [0.15, 0.2) is 5.96 Å². The molecule has 0 aliphatic rings. The topological polar surface area (TPSA) is 79.8 Å². The summed E-state index contributed by atoms with van der Waals surface area (Å²) in [6.45, 7) is 5.45. The van der Waals surface area contributed by atoms with Crippen LogP contribution in [0.5, 0.6) is 5.75 Å². The van der Waals surface area contributed by atoms with Crippen molar-refractivity contribution < 1.29 is 13.2 Å². The summed E-state index contributed by atoms with van der Waals surface area (Å²) in [7, 11) is -1.35. The predicted molar refractivity (Wildman–Crippen MR) is 90.3 cm³/mol. The Morgan fingerprint density at radius 2 is 2.05 bits per heavy atom. The van der Waals surface area contributed by atoms with E-state index in [0.29, 0.717) is 25.6 Å². The van der Waals surface area contributed by atoms with E-state index in [1.165, 1.54) is 6.26 Å². The Labute approximate surface area is 132 Å². The number of hydrogen-bond donors (Lipinski definition) is 2. The van der Waals surface area contributed by atoms with Crippen molar-refractivity contribution in [3.63, 3.8) is 0 Å². The van der Waals surface area contributed by atoms with Crippen molar-refractivity contribution in [2.75, 3.05) is 32.2 Å². The molecule has 22 heavy (non-hydrogen) atoms. The second-order valence-electron chi connectivity index (χ2n) is 5.07. The molecule has 1 aromatic carbocycles. The fraction of sp³-hybridized carbons (Fsp3) is 0.533. The zero-order valence-corrected chi connectivity index (χ0v) is 14.5. The van der Waals surface area contributed by atoms with Crippen molar-refractivity contribution in [1.29, 1.82) is 0 Å². The minimum atomic E-state index is -2.98. The molecule has 7 heteroatoms. The van der Waals surface area contributed by atoms with Gasteiger partial charge in [-0.3, -0.25) is 0 Å². The van der Waals surface area contributed by atoms with Crippen LogP contribution in [0.3, 0.4) is 0 Å². The molecule has 0 heterocycles. The van der Waals surface area contributed by atoms with Crippen LogP contribution in [-0.2, 0) is 16.4 Å². The molecule has 0 amide bonds. The number of rotatable bonds is 7. The Balaban J connectivity index is 2.73. The Kier molecular flexibility index (Phi) is 7.17. The van der Waals surface area contributed by atoms with Gasteiger partial charge < -0.3 is 15.4 Å². The highest BCUT2D eigenvalue weighted by molar-refractivity contribution is 7.90. The predicted octanol–water partition coefficient (Wildman–Crippen LogP) is 1.10. The van der Waals surface area contributed by atoms with Gasteiger partial charge in [-0.2, -0.15) is 0 Å². The first-order valence-corrected chi connectivity index (χ1v) is 9.25. The van der Waals surface area contributed by atoms with Crippen molar-refractivity contribution in [3.05, 3.63) is 29.3 Å². The molecule has 6 nitrogen and oxygen atoms in total. The summed E-state index contributed by atoms with van der Waals surface area (Å²) >= 11 is 0. The van der Waals surface area contributed by atoms with Crippen LogP contribution in [0.2, 0.25) is 0 Å². The number of nitrogens with one attached hydrogen (secondary N) is 2. The van der Waals surface area contributed by atoms with Gasteiger partial charge in [-0.1, -0.05) is 12.1 Å². The van der Waals surface area contributed by atoms with E-state index in [1.54, 1.807) is 7.11 Å². The Morgan fingerprint density at radius 3 is 2.64 bits per heavy atom. The van der Waals surface area contributed by atoms with Crippen LogP contribution >= 0.6 is 0 Å². The first-order valence-electron chi connectivity index (χ1n) is 7.19. The third-order valence-corrected chi connectivity index (χ3v) is 3.91. The molecule has 0 fully saturated rings. The quantitative estimate of drug-likeness (QED) is 0.579. The summed E-state index contributed by atoms with van der Waals surface area (Å²) in [5, 5.41) is 6.11. The molecular formula is C15H25N3O3S. The first kappa shape index (κ1) is 18.3. The molecule has 0 saturated carbocycles. The summed E-state index contributed by atoms with van der Waals surface area (Å²) in [6, 6.07) is 5.96. The van der Waals surface area contributed by atoms with E-state index in [1.807, 2.05) is 32.0 Å². The molecule has 124 valence electrons. The lowest BCUT2D eigenvalue weighted by Gasteiger charge is -2.12. The fourth-order valence-electron chi connectivity index (χ4n) is 1.84. The van der Waals surface area contributed by atoms with E-state index < -0.39 is 9.84 Å². The molecule has 1 aromatic rings. The highest BCUT2D eigenvalue weighted by atomic mass is 32.2. The molecule has 0 radical (unpaired) electrons. The van der Waals surface area contributed by atoms with Crippen LogP contribution in [0.1, 0.15) is 18.1 Å². The van der Waals surface area contributed by atoms with Gasteiger partial charge >= 0.3 is 0 Å². The lowest BCUT2D eigenvalue weighted by atomic mass is 10.1. The summed E-state index contributed by atoms with van der Waals surface area (Å²) in [6.07, 6.45) is 1.22. The van der Waals surface area contributed by atoms with Gasteiger partial charge in [0, 0.05) is 24.9 Å². The van der Waals surface area contributed by atoms with Gasteiger partial charge in [0.05, 0.1) is 19.4 Å². The molecule has 0 saturated heterocycles. The van der Waals surface area contributed by atoms with Gasteiger partial charge in [0.2, 0.25) is 0 Å². The van der Waals surface area contributed by atoms with E-state index in [-0.39, 0.29) is 5.75 Å². The molecule has 2 N–H and O–H groups in total. The summed E-state index contributed by atoms with van der Waals surface area (Å²) in [4.78, 5) is 4.46. The number of aryl methyl sites for hydroxylation is 1. The van der Waals surface area contributed by atoms with Gasteiger partial charge in [0.25, 0.3) is 0 Å². The van der Waals surface area contributed by atoms with E-state index >= 15 is 0 Å². The van der Waals surface area contributed by atoms with Crippen molar-refractivity contribution in [1.82, 2.24) is 10.6 Å².